The molecule has 0 bridgehead atoms. The highest BCUT2D eigenvalue weighted by atomic mass is 79.9. The number of nitrogens with one attached hydrogen (secondary N) is 1. The molecule has 0 aliphatic carbocycles. The highest BCUT2D eigenvalue weighted by Crippen LogP contribution is 2.17. The fourth-order valence-corrected chi connectivity index (χ4v) is 2.02. The lowest BCUT2D eigenvalue weighted by atomic mass is 10.2. The molecule has 1 N–H and O–H groups in total. The van der Waals surface area contributed by atoms with Gasteiger partial charge in [-0.25, -0.2) is 5.43 Å². The molecule has 0 aliphatic rings. The summed E-state index contributed by atoms with van der Waals surface area (Å²) in [5.74, 6) is 1.01. The third-order valence-electron chi connectivity index (χ3n) is 2.66. The zero-order chi connectivity index (χ0) is 15.8. The second-order valence-corrected chi connectivity index (χ2v) is 5.23. The number of hydrogen-bond acceptors (Lipinski definition) is 4. The first-order valence-corrected chi connectivity index (χ1v) is 7.31. The zero-order valence-corrected chi connectivity index (χ0v) is 13.5. The van der Waals surface area contributed by atoms with Crippen molar-refractivity contribution in [3.8, 4) is 11.5 Å². The lowest BCUT2D eigenvalue weighted by molar-refractivity contribution is -0.123. The predicted octanol–water partition coefficient (Wildman–Crippen LogP) is 2.99. The molecule has 5 nitrogen and oxygen atoms in total. The molecule has 2 aromatic rings. The van der Waals surface area contributed by atoms with Gasteiger partial charge in [-0.3, -0.25) is 4.79 Å². The molecule has 2 aromatic carbocycles. The van der Waals surface area contributed by atoms with Crippen LogP contribution in [-0.4, -0.2) is 25.8 Å². The molecule has 0 saturated carbocycles. The number of carbonyl (C=O) groups is 1. The van der Waals surface area contributed by atoms with Crippen LogP contribution in [0, 0.1) is 0 Å². The molecular weight excluding hydrogens is 348 g/mol. The van der Waals surface area contributed by atoms with E-state index in [1.54, 1.807) is 25.5 Å². The van der Waals surface area contributed by atoms with Gasteiger partial charge in [0.25, 0.3) is 5.91 Å². The minimum Gasteiger partial charge on any atom is -0.497 e. The maximum absolute atomic E-state index is 11.6. The number of ether oxygens (including phenoxy) is 2. The summed E-state index contributed by atoms with van der Waals surface area (Å²) < 4.78 is 11.3. The number of hydrogen-bond donors (Lipinski definition) is 1. The number of carbonyl (C=O) groups excluding carboxylic acids is 1. The smallest absolute Gasteiger partial charge is 0.277 e. The van der Waals surface area contributed by atoms with Crippen LogP contribution in [0.15, 0.2) is 58.1 Å². The van der Waals surface area contributed by atoms with Crippen LogP contribution >= 0.6 is 15.9 Å². The van der Waals surface area contributed by atoms with Gasteiger partial charge < -0.3 is 9.47 Å². The van der Waals surface area contributed by atoms with Gasteiger partial charge in [0, 0.05) is 4.47 Å². The van der Waals surface area contributed by atoms with Crippen molar-refractivity contribution in [1.29, 1.82) is 0 Å². The van der Waals surface area contributed by atoms with Gasteiger partial charge in [0.2, 0.25) is 0 Å². The van der Waals surface area contributed by atoms with E-state index >= 15 is 0 Å². The third kappa shape index (κ3) is 5.21. The summed E-state index contributed by atoms with van der Waals surface area (Å²) >= 11 is 3.33. The van der Waals surface area contributed by atoms with E-state index in [1.807, 2.05) is 36.4 Å². The van der Waals surface area contributed by atoms with Crippen LogP contribution in [0.5, 0.6) is 11.5 Å². The van der Waals surface area contributed by atoms with Crippen LogP contribution in [0.4, 0.5) is 0 Å². The number of benzene rings is 2. The molecule has 0 unspecified atom stereocenters. The summed E-state index contributed by atoms with van der Waals surface area (Å²) in [6.45, 7) is -0.105. The lowest BCUT2D eigenvalue weighted by Gasteiger charge is -2.05. The summed E-state index contributed by atoms with van der Waals surface area (Å²) in [5, 5.41) is 3.88. The molecule has 0 atom stereocenters. The first-order chi connectivity index (χ1) is 10.7. The maximum Gasteiger partial charge on any atom is 0.277 e. The Morgan fingerprint density at radius 3 is 2.77 bits per heavy atom. The van der Waals surface area contributed by atoms with Crippen LogP contribution in [0.25, 0.3) is 0 Å². The van der Waals surface area contributed by atoms with E-state index < -0.39 is 0 Å². The summed E-state index contributed by atoms with van der Waals surface area (Å²) in [7, 11) is 1.59. The van der Waals surface area contributed by atoms with E-state index in [9.17, 15) is 4.79 Å². The van der Waals surface area contributed by atoms with E-state index in [2.05, 4.69) is 26.5 Å². The fourth-order valence-electron chi connectivity index (χ4n) is 1.64. The van der Waals surface area contributed by atoms with E-state index in [0.717, 1.165) is 15.8 Å². The van der Waals surface area contributed by atoms with E-state index in [4.69, 9.17) is 9.47 Å². The average molecular weight is 363 g/mol. The second-order valence-electron chi connectivity index (χ2n) is 4.32. The van der Waals surface area contributed by atoms with Gasteiger partial charge in [0.05, 0.1) is 13.3 Å². The summed E-state index contributed by atoms with van der Waals surface area (Å²) in [4.78, 5) is 11.6. The highest BCUT2D eigenvalue weighted by Gasteiger charge is 2.01. The van der Waals surface area contributed by atoms with Crippen molar-refractivity contribution >= 4 is 28.1 Å². The summed E-state index contributed by atoms with van der Waals surface area (Å²) in [6.07, 6.45) is 1.54. The van der Waals surface area contributed by atoms with E-state index in [1.165, 1.54) is 0 Å². The number of rotatable bonds is 6. The Labute approximate surface area is 137 Å². The summed E-state index contributed by atoms with van der Waals surface area (Å²) in [6, 6.07) is 14.6. The average Bonchev–Trinajstić information content (AvgIpc) is 2.53. The predicted molar refractivity (Wildman–Crippen MR) is 88.4 cm³/mol. The van der Waals surface area contributed by atoms with Gasteiger partial charge in [0.1, 0.15) is 11.5 Å². The largest absolute Gasteiger partial charge is 0.497 e. The minimum atomic E-state index is -0.334. The first-order valence-electron chi connectivity index (χ1n) is 6.52. The Hall–Kier alpha value is -2.34. The van der Waals surface area contributed by atoms with Crippen molar-refractivity contribution in [3.05, 3.63) is 58.6 Å². The van der Waals surface area contributed by atoms with E-state index in [-0.39, 0.29) is 12.5 Å². The monoisotopic (exact) mass is 362 g/mol. The van der Waals surface area contributed by atoms with Crippen LogP contribution in [0.2, 0.25) is 0 Å². The molecule has 6 heteroatoms. The molecule has 2 rings (SSSR count). The Kier molecular flexibility index (Phi) is 5.97. The van der Waals surface area contributed by atoms with Crippen LogP contribution < -0.4 is 14.9 Å². The van der Waals surface area contributed by atoms with Gasteiger partial charge in [0.15, 0.2) is 6.61 Å². The Bertz CT molecular complexity index is 674. The van der Waals surface area contributed by atoms with Crippen molar-refractivity contribution in [3.63, 3.8) is 0 Å². The number of amides is 1. The van der Waals surface area contributed by atoms with Gasteiger partial charge in [-0.1, -0.05) is 34.1 Å². The summed E-state index contributed by atoms with van der Waals surface area (Å²) in [5.41, 5.74) is 3.23. The molecule has 114 valence electrons. The highest BCUT2D eigenvalue weighted by molar-refractivity contribution is 9.10. The molecule has 0 radical (unpaired) electrons. The number of methoxy groups -OCH3 is 1. The second kappa shape index (κ2) is 8.19. The molecule has 0 aliphatic heterocycles. The van der Waals surface area contributed by atoms with Gasteiger partial charge >= 0.3 is 0 Å². The number of hydrazone groups is 1. The third-order valence-corrected chi connectivity index (χ3v) is 3.16. The van der Waals surface area contributed by atoms with Crippen molar-refractivity contribution in [2.24, 2.45) is 5.10 Å². The van der Waals surface area contributed by atoms with Crippen LogP contribution in [0.1, 0.15) is 5.56 Å². The molecule has 0 spiro atoms. The van der Waals surface area contributed by atoms with Crippen molar-refractivity contribution in [2.45, 2.75) is 0 Å². The molecule has 0 fully saturated rings. The molecule has 0 heterocycles. The fraction of sp³-hybridized carbons (Fsp3) is 0.125. The maximum atomic E-state index is 11.6. The molecule has 0 saturated heterocycles. The van der Waals surface area contributed by atoms with Gasteiger partial charge in [-0.2, -0.15) is 5.10 Å². The number of nitrogens with zero attached hydrogens (tertiary/aromatic N) is 1. The lowest BCUT2D eigenvalue weighted by Crippen LogP contribution is -2.24. The number of halogens is 1. The molecular formula is C16H15BrN2O3. The Morgan fingerprint density at radius 2 is 2.00 bits per heavy atom. The Balaban J connectivity index is 1.81. The molecule has 22 heavy (non-hydrogen) atoms. The Morgan fingerprint density at radius 1 is 1.23 bits per heavy atom. The minimum absolute atomic E-state index is 0.105. The van der Waals surface area contributed by atoms with E-state index in [0.29, 0.717) is 5.75 Å². The SMILES string of the molecule is COc1cccc(/C=N\NC(=O)COc2cccc(Br)c2)c1. The van der Waals surface area contributed by atoms with Crippen LogP contribution in [-0.2, 0) is 4.79 Å². The first kappa shape index (κ1) is 16.0. The van der Waals surface area contributed by atoms with Crippen LogP contribution in [0.3, 0.4) is 0 Å². The van der Waals surface area contributed by atoms with Gasteiger partial charge in [-0.05, 0) is 35.9 Å². The van der Waals surface area contributed by atoms with Crippen molar-refractivity contribution < 1.29 is 14.3 Å². The van der Waals surface area contributed by atoms with Gasteiger partial charge in [-0.15, -0.1) is 0 Å². The topological polar surface area (TPSA) is 59.9 Å². The van der Waals surface area contributed by atoms with Crippen molar-refractivity contribution in [1.82, 2.24) is 5.43 Å². The normalized spacial score (nSPS) is 10.5. The standard InChI is InChI=1S/C16H15BrN2O3/c1-21-14-6-2-4-12(8-14)10-18-19-16(20)11-22-15-7-3-5-13(17)9-15/h2-10H,11H2,1H3,(H,19,20)/b18-10-. The molecule has 0 aromatic heterocycles. The molecule has 1 amide bonds. The zero-order valence-electron chi connectivity index (χ0n) is 12.0. The quantitative estimate of drug-likeness (QED) is 0.634. The van der Waals surface area contributed by atoms with Crippen molar-refractivity contribution in [2.75, 3.05) is 13.7 Å².